The van der Waals surface area contributed by atoms with Crippen molar-refractivity contribution in [2.24, 2.45) is 0 Å². The van der Waals surface area contributed by atoms with Crippen LogP contribution in [0.15, 0.2) is 18.2 Å². The summed E-state index contributed by atoms with van der Waals surface area (Å²) in [7, 11) is 0. The summed E-state index contributed by atoms with van der Waals surface area (Å²) in [6.45, 7) is 0.600. The van der Waals surface area contributed by atoms with Gasteiger partial charge in [0.25, 0.3) is 0 Å². The highest BCUT2D eigenvalue weighted by atomic mass is 35.5. The molecule has 1 unspecified atom stereocenters. The van der Waals surface area contributed by atoms with Crippen LogP contribution in [0, 0.1) is 0 Å². The minimum Gasteiger partial charge on any atom is -0.479 e. The Morgan fingerprint density at radius 1 is 1.27 bits per heavy atom. The lowest BCUT2D eigenvalue weighted by Gasteiger charge is -2.26. The Bertz CT molecular complexity index is 698. The third-order valence-corrected chi connectivity index (χ3v) is 4.88. The van der Waals surface area contributed by atoms with Gasteiger partial charge in [-0.25, -0.2) is 4.79 Å². The second-order valence-electron chi connectivity index (χ2n) is 6.09. The quantitative estimate of drug-likeness (QED) is 0.644. The zero-order chi connectivity index (χ0) is 19.3. The summed E-state index contributed by atoms with van der Waals surface area (Å²) in [4.78, 5) is 36.5. The van der Waals surface area contributed by atoms with Crippen molar-refractivity contribution in [3.63, 3.8) is 0 Å². The first kappa shape index (κ1) is 20.5. The number of nitrogens with one attached hydrogen (secondary N) is 1. The van der Waals surface area contributed by atoms with Crippen LogP contribution in [-0.2, 0) is 20.9 Å². The number of amides is 2. The second kappa shape index (κ2) is 9.21. The molecule has 1 heterocycles. The summed E-state index contributed by atoms with van der Waals surface area (Å²) in [6.07, 6.45) is -0.635. The van der Waals surface area contributed by atoms with E-state index in [1.807, 2.05) is 0 Å². The lowest BCUT2D eigenvalue weighted by atomic mass is 10.1. The van der Waals surface area contributed by atoms with Crippen molar-refractivity contribution in [1.82, 2.24) is 10.2 Å². The van der Waals surface area contributed by atoms with Crippen LogP contribution < -0.4 is 5.32 Å². The number of carbonyl (C=O) groups is 3. The average Bonchev–Trinajstić information content (AvgIpc) is 3.07. The number of aliphatic hydroxyl groups excluding tert-OH is 1. The monoisotopic (exact) mass is 402 g/mol. The molecule has 1 aliphatic rings. The lowest BCUT2D eigenvalue weighted by molar-refractivity contribution is -0.152. The maximum absolute atomic E-state index is 12.3. The van der Waals surface area contributed by atoms with E-state index in [2.05, 4.69) is 5.32 Å². The van der Waals surface area contributed by atoms with Crippen LogP contribution in [0.3, 0.4) is 0 Å². The number of aliphatic hydroxyl groups is 1. The molecule has 0 spiro atoms. The first-order chi connectivity index (χ1) is 12.3. The maximum atomic E-state index is 12.3. The molecule has 0 aliphatic carbocycles. The van der Waals surface area contributed by atoms with Gasteiger partial charge in [-0.3, -0.25) is 9.59 Å². The number of likely N-dealkylation sites (tertiary alicyclic amines) is 1. The van der Waals surface area contributed by atoms with Crippen molar-refractivity contribution in [2.45, 2.75) is 44.4 Å². The number of benzene rings is 1. The first-order valence-corrected chi connectivity index (χ1v) is 8.96. The van der Waals surface area contributed by atoms with Crippen molar-refractivity contribution in [3.8, 4) is 0 Å². The topological polar surface area (TPSA) is 107 Å². The molecule has 7 nitrogen and oxygen atoms in total. The SMILES string of the molecule is O=C(CCC(=O)N1CCCC1[C@H](O)C(=O)O)NCc1ccc(Cl)cc1Cl. The van der Waals surface area contributed by atoms with Gasteiger partial charge in [-0.2, -0.15) is 0 Å². The molecule has 2 rings (SSSR count). The smallest absolute Gasteiger partial charge is 0.334 e. The lowest BCUT2D eigenvalue weighted by Crippen LogP contribution is -2.46. The molecule has 2 atom stereocenters. The van der Waals surface area contributed by atoms with Crippen LogP contribution in [-0.4, -0.2) is 51.6 Å². The molecule has 1 aromatic rings. The molecule has 142 valence electrons. The molecular weight excluding hydrogens is 383 g/mol. The minimum atomic E-state index is -1.61. The van der Waals surface area contributed by atoms with E-state index in [1.165, 1.54) is 4.90 Å². The highest BCUT2D eigenvalue weighted by Crippen LogP contribution is 2.22. The zero-order valence-corrected chi connectivity index (χ0v) is 15.5. The van der Waals surface area contributed by atoms with Crippen LogP contribution in [0.4, 0.5) is 0 Å². The van der Waals surface area contributed by atoms with E-state index < -0.39 is 18.1 Å². The standard InChI is InChI=1S/C17H20Cl2N2O5/c18-11-4-3-10(12(19)8-11)9-20-14(22)5-6-15(23)21-7-1-2-13(21)16(24)17(25)26/h3-4,8,13,16,24H,1-2,5-7,9H2,(H,20,22)(H,25,26)/t13?,16-/m0/s1. The summed E-state index contributed by atoms with van der Waals surface area (Å²) >= 11 is 11.8. The highest BCUT2D eigenvalue weighted by Gasteiger charge is 2.37. The average molecular weight is 403 g/mol. The Morgan fingerprint density at radius 3 is 2.65 bits per heavy atom. The van der Waals surface area contributed by atoms with E-state index in [0.717, 1.165) is 0 Å². The Labute approximate surface area is 160 Å². The van der Waals surface area contributed by atoms with Crippen LogP contribution in [0.1, 0.15) is 31.2 Å². The van der Waals surface area contributed by atoms with Gasteiger partial charge in [0.2, 0.25) is 11.8 Å². The van der Waals surface area contributed by atoms with Crippen molar-refractivity contribution < 1.29 is 24.6 Å². The number of hydrogen-bond acceptors (Lipinski definition) is 4. The van der Waals surface area contributed by atoms with Gasteiger partial charge in [0.1, 0.15) is 0 Å². The Hall–Kier alpha value is -1.83. The number of halogens is 2. The number of carboxylic acids is 1. The third-order valence-electron chi connectivity index (χ3n) is 4.29. The predicted octanol–water partition coefficient (Wildman–Crippen LogP) is 1.83. The van der Waals surface area contributed by atoms with E-state index >= 15 is 0 Å². The van der Waals surface area contributed by atoms with Crippen molar-refractivity contribution in [1.29, 1.82) is 0 Å². The summed E-state index contributed by atoms with van der Waals surface area (Å²) in [6, 6.07) is 4.21. The Balaban J connectivity index is 1.81. The Morgan fingerprint density at radius 2 is 2.00 bits per heavy atom. The van der Waals surface area contributed by atoms with Gasteiger partial charge in [-0.05, 0) is 30.5 Å². The number of aliphatic carboxylic acids is 1. The van der Waals surface area contributed by atoms with Crippen molar-refractivity contribution in [2.75, 3.05) is 6.54 Å². The van der Waals surface area contributed by atoms with Gasteiger partial charge in [-0.1, -0.05) is 29.3 Å². The fourth-order valence-corrected chi connectivity index (χ4v) is 3.38. The molecule has 1 aromatic carbocycles. The molecule has 2 amide bonds. The molecule has 1 fully saturated rings. The highest BCUT2D eigenvalue weighted by molar-refractivity contribution is 6.35. The summed E-state index contributed by atoms with van der Waals surface area (Å²) < 4.78 is 0. The number of carboxylic acid groups (broad SMARTS) is 1. The minimum absolute atomic E-state index is 0.0313. The van der Waals surface area contributed by atoms with Crippen LogP contribution >= 0.6 is 23.2 Å². The van der Waals surface area contributed by atoms with E-state index in [9.17, 15) is 19.5 Å². The molecule has 0 radical (unpaired) electrons. The molecule has 0 aromatic heterocycles. The molecule has 26 heavy (non-hydrogen) atoms. The largest absolute Gasteiger partial charge is 0.479 e. The summed E-state index contributed by atoms with van der Waals surface area (Å²) in [5, 5.41) is 22.2. The van der Waals surface area contributed by atoms with Crippen molar-refractivity contribution >= 4 is 41.0 Å². The Kier molecular flexibility index (Phi) is 7.25. The van der Waals surface area contributed by atoms with Gasteiger partial charge < -0.3 is 20.4 Å². The number of carbonyl (C=O) groups excluding carboxylic acids is 2. The van der Waals surface area contributed by atoms with Gasteiger partial charge in [0.15, 0.2) is 6.10 Å². The molecule has 0 saturated carbocycles. The maximum Gasteiger partial charge on any atom is 0.334 e. The summed E-state index contributed by atoms with van der Waals surface area (Å²) in [5.41, 5.74) is 0.708. The fraction of sp³-hybridized carbons (Fsp3) is 0.471. The normalized spacial score (nSPS) is 17.8. The molecule has 1 saturated heterocycles. The molecular formula is C17H20Cl2N2O5. The van der Waals surface area contributed by atoms with E-state index in [4.69, 9.17) is 28.3 Å². The van der Waals surface area contributed by atoms with Crippen LogP contribution in [0.5, 0.6) is 0 Å². The number of rotatable bonds is 7. The van der Waals surface area contributed by atoms with Crippen molar-refractivity contribution in [3.05, 3.63) is 33.8 Å². The molecule has 9 heteroatoms. The van der Waals surface area contributed by atoms with Gasteiger partial charge in [-0.15, -0.1) is 0 Å². The van der Waals surface area contributed by atoms with E-state index in [-0.39, 0.29) is 31.2 Å². The number of nitrogens with zero attached hydrogens (tertiary/aromatic N) is 1. The molecule has 1 aliphatic heterocycles. The molecule has 0 bridgehead atoms. The van der Waals surface area contributed by atoms with Crippen LogP contribution in [0.25, 0.3) is 0 Å². The molecule has 3 N–H and O–H groups in total. The second-order valence-corrected chi connectivity index (χ2v) is 6.94. The summed E-state index contributed by atoms with van der Waals surface area (Å²) in [5.74, 6) is -2.02. The number of hydrogen-bond donors (Lipinski definition) is 3. The predicted molar refractivity (Wildman–Crippen MR) is 95.9 cm³/mol. The van der Waals surface area contributed by atoms with Gasteiger partial charge in [0, 0.05) is 36.0 Å². The van der Waals surface area contributed by atoms with E-state index in [0.29, 0.717) is 35.0 Å². The van der Waals surface area contributed by atoms with Crippen LogP contribution in [0.2, 0.25) is 10.0 Å². The van der Waals surface area contributed by atoms with E-state index in [1.54, 1.807) is 18.2 Å². The fourth-order valence-electron chi connectivity index (χ4n) is 2.91. The van der Waals surface area contributed by atoms with Gasteiger partial charge >= 0.3 is 5.97 Å². The van der Waals surface area contributed by atoms with Gasteiger partial charge in [0.05, 0.1) is 6.04 Å². The first-order valence-electron chi connectivity index (χ1n) is 8.20. The zero-order valence-electron chi connectivity index (χ0n) is 14.0. The third kappa shape index (κ3) is 5.33.